The van der Waals surface area contributed by atoms with Gasteiger partial charge in [0, 0.05) is 16.1 Å². The molecule has 1 saturated carbocycles. The van der Waals surface area contributed by atoms with Gasteiger partial charge in [0.05, 0.1) is 24.5 Å². The van der Waals surface area contributed by atoms with E-state index in [0.717, 1.165) is 58.7 Å². The third kappa shape index (κ3) is 4.08. The molecule has 2 fully saturated rings. The van der Waals surface area contributed by atoms with Gasteiger partial charge in [-0.15, -0.1) is 0 Å². The number of carbonyl (C=O) groups excluding carboxylic acids is 2. The Hall–Kier alpha value is -2.55. The van der Waals surface area contributed by atoms with Crippen LogP contribution in [0.1, 0.15) is 63.5 Å². The highest BCUT2D eigenvalue weighted by Crippen LogP contribution is 2.47. The summed E-state index contributed by atoms with van der Waals surface area (Å²) < 4.78 is 11.7. The van der Waals surface area contributed by atoms with E-state index in [4.69, 9.17) is 14.5 Å². The second-order valence-electron chi connectivity index (χ2n) is 9.84. The van der Waals surface area contributed by atoms with E-state index in [9.17, 15) is 9.59 Å². The average Bonchev–Trinajstić information content (AvgIpc) is 3.43. The number of nitrogens with one attached hydrogen (secondary N) is 2. The highest BCUT2D eigenvalue weighted by atomic mass is 79.9. The maximum Gasteiger partial charge on any atom is 0.407 e. The molecule has 3 aliphatic rings. The van der Waals surface area contributed by atoms with E-state index in [1.54, 1.807) is 0 Å². The average molecular weight is 531 g/mol. The molecule has 0 radical (unpaired) electrons. The van der Waals surface area contributed by atoms with Gasteiger partial charge in [-0.2, -0.15) is 0 Å². The zero-order valence-electron chi connectivity index (χ0n) is 19.8. The van der Waals surface area contributed by atoms with E-state index in [1.165, 1.54) is 13.5 Å². The molecule has 182 valence electrons. The molecule has 2 amide bonds. The third-order valence-corrected chi connectivity index (χ3v) is 7.91. The number of aromatic amines is 1. The normalized spacial score (nSPS) is 24.0. The molecule has 1 aromatic carbocycles. The number of rotatable bonds is 4. The summed E-state index contributed by atoms with van der Waals surface area (Å²) in [6, 6.07) is 5.30. The number of imidazole rings is 1. The van der Waals surface area contributed by atoms with Gasteiger partial charge >= 0.3 is 6.09 Å². The summed E-state index contributed by atoms with van der Waals surface area (Å²) in [6.45, 7) is 4.30. The van der Waals surface area contributed by atoms with Crippen LogP contribution in [0.2, 0.25) is 0 Å². The third-order valence-electron chi connectivity index (χ3n) is 7.42. The van der Waals surface area contributed by atoms with Gasteiger partial charge in [0.25, 0.3) is 0 Å². The lowest BCUT2D eigenvalue weighted by Crippen LogP contribution is -2.53. The topological polar surface area (TPSA) is 96.5 Å². The van der Waals surface area contributed by atoms with Gasteiger partial charge < -0.3 is 24.7 Å². The van der Waals surface area contributed by atoms with Crippen LogP contribution < -0.4 is 10.1 Å². The predicted octanol–water partition coefficient (Wildman–Crippen LogP) is 4.94. The maximum absolute atomic E-state index is 13.9. The number of amides is 2. The molecule has 34 heavy (non-hydrogen) atoms. The van der Waals surface area contributed by atoms with E-state index in [2.05, 4.69) is 26.2 Å². The first-order valence-electron chi connectivity index (χ1n) is 12.1. The Balaban J connectivity index is 1.51. The minimum atomic E-state index is -0.651. The van der Waals surface area contributed by atoms with Crippen LogP contribution in [0.3, 0.4) is 0 Å². The standard InChI is InChI=1S/C25H31BrN4O4/c1-13(2)21(29-25(32)33-3)24(31)30-18-7-5-4-6-14(18)10-19(30)23-27-17-12-34-20-11-15(26)8-9-16(20)22(17)28-23/h8-9,11,13-14,18-19,21H,4-7,10,12H2,1-3H3,(H,27,28)(H,29,32)/t14-,18-,19-,21-/m0/s1. The molecule has 1 aromatic heterocycles. The van der Waals surface area contributed by atoms with Gasteiger partial charge in [-0.05, 0) is 49.3 Å². The summed E-state index contributed by atoms with van der Waals surface area (Å²) in [5.74, 6) is 1.91. The Labute approximate surface area is 207 Å². The van der Waals surface area contributed by atoms with Crippen LogP contribution in [0.5, 0.6) is 5.75 Å². The molecular weight excluding hydrogens is 500 g/mol. The van der Waals surface area contributed by atoms with Gasteiger partial charge in [0.2, 0.25) is 5.91 Å². The Kier molecular flexibility index (Phi) is 6.31. The summed E-state index contributed by atoms with van der Waals surface area (Å²) in [4.78, 5) is 36.5. The van der Waals surface area contributed by atoms with Crippen LogP contribution in [-0.4, -0.2) is 46.1 Å². The van der Waals surface area contributed by atoms with Crippen molar-refractivity contribution < 1.29 is 19.1 Å². The Morgan fingerprint density at radius 2 is 2.09 bits per heavy atom. The smallest absolute Gasteiger partial charge is 0.407 e. The quantitative estimate of drug-likeness (QED) is 0.583. The molecule has 2 N–H and O–H groups in total. The number of H-pyrrole nitrogens is 1. The number of hydrogen-bond donors (Lipinski definition) is 2. The number of carbonyl (C=O) groups is 2. The number of likely N-dealkylation sites (tertiary alicyclic amines) is 1. The number of ether oxygens (including phenoxy) is 2. The van der Waals surface area contributed by atoms with E-state index in [1.807, 2.05) is 36.9 Å². The molecule has 0 unspecified atom stereocenters. The molecule has 1 saturated heterocycles. The first-order valence-corrected chi connectivity index (χ1v) is 12.8. The number of halogens is 1. The summed E-state index contributed by atoms with van der Waals surface area (Å²) in [5.41, 5.74) is 2.77. The van der Waals surface area contributed by atoms with Crippen LogP contribution in [0.4, 0.5) is 4.79 Å². The number of alkyl carbamates (subject to hydrolysis) is 1. The fourth-order valence-corrected chi connectivity index (χ4v) is 6.10. The van der Waals surface area contributed by atoms with Gasteiger partial charge in [-0.25, -0.2) is 9.78 Å². The fraction of sp³-hybridized carbons (Fsp3) is 0.560. The van der Waals surface area contributed by atoms with E-state index < -0.39 is 12.1 Å². The molecule has 5 rings (SSSR count). The zero-order chi connectivity index (χ0) is 24.0. The van der Waals surface area contributed by atoms with Crippen molar-refractivity contribution in [3.05, 3.63) is 34.2 Å². The van der Waals surface area contributed by atoms with Gasteiger partial charge in [0.1, 0.15) is 24.2 Å². The van der Waals surface area contributed by atoms with Gasteiger partial charge in [-0.3, -0.25) is 4.79 Å². The lowest BCUT2D eigenvalue weighted by Gasteiger charge is -2.36. The van der Waals surface area contributed by atoms with Crippen molar-refractivity contribution in [1.82, 2.24) is 20.2 Å². The summed E-state index contributed by atoms with van der Waals surface area (Å²) in [5, 5.41) is 2.77. The molecule has 0 spiro atoms. The molecule has 4 atom stereocenters. The Morgan fingerprint density at radius 1 is 1.29 bits per heavy atom. The molecule has 2 aliphatic heterocycles. The van der Waals surface area contributed by atoms with Gasteiger partial charge in [0.15, 0.2) is 0 Å². The minimum Gasteiger partial charge on any atom is -0.487 e. The number of hydrogen-bond acceptors (Lipinski definition) is 5. The fourth-order valence-electron chi connectivity index (χ4n) is 5.76. The molecule has 9 heteroatoms. The van der Waals surface area contributed by atoms with Crippen LogP contribution in [-0.2, 0) is 16.1 Å². The second-order valence-corrected chi connectivity index (χ2v) is 10.8. The Bertz CT molecular complexity index is 1100. The highest BCUT2D eigenvalue weighted by Gasteiger charge is 2.48. The number of nitrogens with zero attached hydrogens (tertiary/aromatic N) is 2. The van der Waals surface area contributed by atoms with Crippen molar-refractivity contribution in [3.63, 3.8) is 0 Å². The highest BCUT2D eigenvalue weighted by molar-refractivity contribution is 9.10. The zero-order valence-corrected chi connectivity index (χ0v) is 21.4. The van der Waals surface area contributed by atoms with Crippen molar-refractivity contribution in [2.45, 2.75) is 70.7 Å². The monoisotopic (exact) mass is 530 g/mol. The lowest BCUT2D eigenvalue weighted by atomic mass is 9.84. The van der Waals surface area contributed by atoms with E-state index >= 15 is 0 Å². The minimum absolute atomic E-state index is 0.0604. The summed E-state index contributed by atoms with van der Waals surface area (Å²) in [7, 11) is 1.32. The number of aromatic nitrogens is 2. The first-order chi connectivity index (χ1) is 16.4. The lowest BCUT2D eigenvalue weighted by molar-refractivity contribution is -0.138. The van der Waals surface area contributed by atoms with Crippen molar-refractivity contribution in [1.29, 1.82) is 0 Å². The predicted molar refractivity (Wildman–Crippen MR) is 130 cm³/mol. The van der Waals surface area contributed by atoms with Crippen LogP contribution in [0.25, 0.3) is 11.3 Å². The second kappa shape index (κ2) is 9.24. The van der Waals surface area contributed by atoms with E-state index in [0.29, 0.717) is 12.5 Å². The molecule has 8 nitrogen and oxygen atoms in total. The SMILES string of the molecule is COC(=O)N[C@H](C(=O)N1[C@H](c2nc3c([nH]2)COc2cc(Br)ccc2-3)C[C@@H]2CCCC[C@@H]21)C(C)C. The molecular formula is C25H31BrN4O4. The van der Waals surface area contributed by atoms with Crippen LogP contribution in [0.15, 0.2) is 22.7 Å². The largest absolute Gasteiger partial charge is 0.487 e. The van der Waals surface area contributed by atoms with Crippen LogP contribution in [0, 0.1) is 11.8 Å². The number of benzene rings is 1. The first kappa shape index (κ1) is 23.2. The summed E-state index contributed by atoms with van der Waals surface area (Å²) in [6.07, 6.45) is 4.68. The van der Waals surface area contributed by atoms with Crippen molar-refractivity contribution in [2.24, 2.45) is 11.8 Å². The molecule has 0 bridgehead atoms. The molecule has 2 aromatic rings. The summed E-state index contributed by atoms with van der Waals surface area (Å²) >= 11 is 3.50. The van der Waals surface area contributed by atoms with Crippen molar-refractivity contribution in [2.75, 3.05) is 7.11 Å². The molecule has 1 aliphatic carbocycles. The van der Waals surface area contributed by atoms with Crippen molar-refractivity contribution in [3.8, 4) is 17.0 Å². The Morgan fingerprint density at radius 3 is 2.85 bits per heavy atom. The maximum atomic E-state index is 13.9. The number of fused-ring (bicyclic) bond motifs is 4. The molecule has 3 heterocycles. The van der Waals surface area contributed by atoms with Gasteiger partial charge in [-0.1, -0.05) is 42.6 Å². The van der Waals surface area contributed by atoms with Crippen LogP contribution >= 0.6 is 15.9 Å². The van der Waals surface area contributed by atoms with Crippen molar-refractivity contribution >= 4 is 27.9 Å². The number of methoxy groups -OCH3 is 1. The van der Waals surface area contributed by atoms with E-state index in [-0.39, 0.29) is 23.9 Å².